The molecule has 24 heavy (non-hydrogen) atoms. The van der Waals surface area contributed by atoms with Crippen molar-refractivity contribution in [3.05, 3.63) is 58.9 Å². The maximum absolute atomic E-state index is 9.82. The van der Waals surface area contributed by atoms with Gasteiger partial charge in [-0.15, -0.1) is 0 Å². The number of nitrogens with one attached hydrogen (secondary N) is 1. The summed E-state index contributed by atoms with van der Waals surface area (Å²) in [5.74, 6) is 0.769. The Kier molecular flexibility index (Phi) is 4.43. The number of phenols is 1. The zero-order valence-electron chi connectivity index (χ0n) is 13.3. The predicted octanol–water partition coefficient (Wildman–Crippen LogP) is 3.26. The first-order valence-electron chi connectivity index (χ1n) is 7.34. The topological polar surface area (TPSA) is 69.4 Å². The molecule has 0 saturated carbocycles. The van der Waals surface area contributed by atoms with Gasteiger partial charge in [0.15, 0.2) is 5.82 Å². The maximum Gasteiger partial charge on any atom is 0.216 e. The van der Waals surface area contributed by atoms with E-state index in [2.05, 4.69) is 15.3 Å². The van der Waals surface area contributed by atoms with Crippen LogP contribution in [-0.4, -0.2) is 40.3 Å². The molecule has 2 N–H and O–H groups in total. The Hall–Kier alpha value is -2.93. The highest BCUT2D eigenvalue weighted by atomic mass is 32.1. The van der Waals surface area contributed by atoms with Crippen LogP contribution in [0.25, 0.3) is 11.4 Å². The van der Waals surface area contributed by atoms with Crippen LogP contribution in [-0.2, 0) is 0 Å². The molecule has 0 bridgehead atoms. The third-order valence-electron chi connectivity index (χ3n) is 3.54. The molecule has 0 aliphatic rings. The predicted molar refractivity (Wildman–Crippen MR) is 98.3 cm³/mol. The molecule has 0 atom stereocenters. The van der Waals surface area contributed by atoms with Crippen molar-refractivity contribution >= 4 is 24.1 Å². The Balaban J connectivity index is 1.97. The molecule has 6 nitrogen and oxygen atoms in total. The summed E-state index contributed by atoms with van der Waals surface area (Å²) in [4.78, 5) is 2.03. The van der Waals surface area contributed by atoms with E-state index in [0.717, 1.165) is 11.3 Å². The molecule has 0 unspecified atom stereocenters. The van der Waals surface area contributed by atoms with E-state index in [1.54, 1.807) is 24.4 Å². The normalized spacial score (nSPS) is 11.1. The summed E-state index contributed by atoms with van der Waals surface area (Å²) < 4.78 is 1.92. The van der Waals surface area contributed by atoms with Crippen molar-refractivity contribution in [3.8, 4) is 17.1 Å². The van der Waals surface area contributed by atoms with Gasteiger partial charge in [-0.25, -0.2) is 5.10 Å². The van der Waals surface area contributed by atoms with Gasteiger partial charge in [0.2, 0.25) is 4.77 Å². The molecule has 1 heterocycles. The molecule has 0 saturated heterocycles. The van der Waals surface area contributed by atoms with Gasteiger partial charge in [0, 0.05) is 30.9 Å². The Morgan fingerprint density at radius 3 is 2.54 bits per heavy atom. The molecule has 3 rings (SSSR count). The van der Waals surface area contributed by atoms with Gasteiger partial charge >= 0.3 is 0 Å². The Morgan fingerprint density at radius 1 is 1.17 bits per heavy atom. The fourth-order valence-electron chi connectivity index (χ4n) is 2.21. The molecule has 2 aromatic carbocycles. The van der Waals surface area contributed by atoms with E-state index < -0.39 is 0 Å². The quantitative estimate of drug-likeness (QED) is 0.565. The summed E-state index contributed by atoms with van der Waals surface area (Å²) in [5, 5.41) is 21.2. The average Bonchev–Trinajstić information content (AvgIpc) is 2.95. The number of phenolic OH excluding ortho intramolecular Hbond substituents is 1. The summed E-state index contributed by atoms with van der Waals surface area (Å²) in [7, 11) is 3.98. The van der Waals surface area contributed by atoms with Gasteiger partial charge in [0.25, 0.3) is 0 Å². The molecule has 0 radical (unpaired) electrons. The minimum atomic E-state index is 0.160. The number of aromatic hydroxyl groups is 1. The number of rotatable bonds is 4. The van der Waals surface area contributed by atoms with E-state index in [1.165, 1.54) is 4.68 Å². The van der Waals surface area contributed by atoms with Gasteiger partial charge in [-0.1, -0.05) is 12.1 Å². The standard InChI is InChI=1S/C17H17N5OS/c1-21(2)14-9-7-12(8-10-14)16-19-20-17(24)22(16)18-11-13-5-3-4-6-15(13)23/h3-11,23H,1-2H3,(H,20,24)/b18-11+. The van der Waals surface area contributed by atoms with Crippen LogP contribution in [0.2, 0.25) is 0 Å². The van der Waals surface area contributed by atoms with Crippen molar-refractivity contribution in [1.29, 1.82) is 0 Å². The van der Waals surface area contributed by atoms with Crippen LogP contribution in [0.1, 0.15) is 5.56 Å². The summed E-state index contributed by atoms with van der Waals surface area (Å²) in [5.41, 5.74) is 2.59. The van der Waals surface area contributed by atoms with Crippen molar-refractivity contribution in [2.75, 3.05) is 19.0 Å². The van der Waals surface area contributed by atoms with Crippen molar-refractivity contribution in [2.24, 2.45) is 5.10 Å². The summed E-state index contributed by atoms with van der Waals surface area (Å²) >= 11 is 5.25. The Bertz CT molecular complexity index is 925. The van der Waals surface area contributed by atoms with Gasteiger partial charge in [-0.3, -0.25) is 0 Å². The monoisotopic (exact) mass is 339 g/mol. The van der Waals surface area contributed by atoms with Gasteiger partial charge in [0.1, 0.15) is 5.75 Å². The number of anilines is 1. The van der Waals surface area contributed by atoms with Crippen LogP contribution in [0.3, 0.4) is 0 Å². The molecule has 1 aromatic heterocycles. The number of hydrogen-bond donors (Lipinski definition) is 2. The van der Waals surface area contributed by atoms with Crippen LogP contribution in [0.4, 0.5) is 5.69 Å². The van der Waals surface area contributed by atoms with E-state index in [0.29, 0.717) is 16.2 Å². The van der Waals surface area contributed by atoms with E-state index >= 15 is 0 Å². The number of H-pyrrole nitrogens is 1. The van der Waals surface area contributed by atoms with Gasteiger partial charge < -0.3 is 10.0 Å². The lowest BCUT2D eigenvalue weighted by molar-refractivity contribution is 0.474. The number of para-hydroxylation sites is 1. The van der Waals surface area contributed by atoms with E-state index in [4.69, 9.17) is 12.2 Å². The zero-order chi connectivity index (χ0) is 17.1. The number of aromatic amines is 1. The summed E-state index contributed by atoms with van der Waals surface area (Å²) in [6.07, 6.45) is 1.55. The number of nitrogens with zero attached hydrogens (tertiary/aromatic N) is 4. The fourth-order valence-corrected chi connectivity index (χ4v) is 2.39. The third-order valence-corrected chi connectivity index (χ3v) is 3.81. The third kappa shape index (κ3) is 3.21. The second-order valence-corrected chi connectivity index (χ2v) is 5.80. The van der Waals surface area contributed by atoms with E-state index in [-0.39, 0.29) is 5.75 Å². The lowest BCUT2D eigenvalue weighted by atomic mass is 10.2. The zero-order valence-corrected chi connectivity index (χ0v) is 14.2. The molecule has 0 spiro atoms. The van der Waals surface area contributed by atoms with Gasteiger partial charge in [-0.05, 0) is 48.6 Å². The molecule has 122 valence electrons. The smallest absolute Gasteiger partial charge is 0.216 e. The van der Waals surface area contributed by atoms with E-state index in [1.807, 2.05) is 49.3 Å². The number of benzene rings is 2. The SMILES string of the molecule is CN(C)c1ccc(-c2n[nH]c(=S)n2/N=C/c2ccccc2O)cc1. The Labute approximate surface area is 144 Å². The highest BCUT2D eigenvalue weighted by Crippen LogP contribution is 2.21. The minimum Gasteiger partial charge on any atom is -0.507 e. The average molecular weight is 339 g/mol. The fraction of sp³-hybridized carbons (Fsp3) is 0.118. The molecule has 0 aliphatic heterocycles. The lowest BCUT2D eigenvalue weighted by Gasteiger charge is -2.12. The summed E-state index contributed by atoms with van der Waals surface area (Å²) in [6.45, 7) is 0. The van der Waals surface area contributed by atoms with Crippen molar-refractivity contribution < 1.29 is 5.11 Å². The highest BCUT2D eigenvalue weighted by molar-refractivity contribution is 7.71. The van der Waals surface area contributed by atoms with Crippen LogP contribution < -0.4 is 4.90 Å². The van der Waals surface area contributed by atoms with Crippen LogP contribution in [0.15, 0.2) is 53.6 Å². The first-order valence-corrected chi connectivity index (χ1v) is 7.74. The van der Waals surface area contributed by atoms with Crippen LogP contribution >= 0.6 is 12.2 Å². The summed E-state index contributed by atoms with van der Waals surface area (Å²) in [6, 6.07) is 14.9. The van der Waals surface area contributed by atoms with Crippen LogP contribution in [0, 0.1) is 4.77 Å². The van der Waals surface area contributed by atoms with Crippen LogP contribution in [0.5, 0.6) is 5.75 Å². The largest absolute Gasteiger partial charge is 0.507 e. The number of hydrogen-bond acceptors (Lipinski definition) is 5. The number of aromatic nitrogens is 3. The second kappa shape index (κ2) is 6.67. The van der Waals surface area contributed by atoms with Crippen molar-refractivity contribution in [1.82, 2.24) is 14.9 Å². The maximum atomic E-state index is 9.82. The Morgan fingerprint density at radius 2 is 1.88 bits per heavy atom. The molecule has 0 fully saturated rings. The van der Waals surface area contributed by atoms with Gasteiger partial charge in [0.05, 0.1) is 6.21 Å². The first-order chi connectivity index (χ1) is 11.6. The van der Waals surface area contributed by atoms with Crippen molar-refractivity contribution in [2.45, 2.75) is 0 Å². The second-order valence-electron chi connectivity index (χ2n) is 5.41. The molecule has 0 amide bonds. The first kappa shape index (κ1) is 15.9. The highest BCUT2D eigenvalue weighted by Gasteiger charge is 2.08. The van der Waals surface area contributed by atoms with Gasteiger partial charge in [-0.2, -0.15) is 14.9 Å². The van der Waals surface area contributed by atoms with Crippen molar-refractivity contribution in [3.63, 3.8) is 0 Å². The lowest BCUT2D eigenvalue weighted by Crippen LogP contribution is -2.08. The molecule has 3 aromatic rings. The minimum absolute atomic E-state index is 0.160. The molecular formula is C17H17N5OS. The molecule has 7 heteroatoms. The molecule has 0 aliphatic carbocycles. The molecular weight excluding hydrogens is 322 g/mol. The van der Waals surface area contributed by atoms with E-state index in [9.17, 15) is 5.11 Å².